The van der Waals surface area contributed by atoms with Gasteiger partial charge in [0.25, 0.3) is 0 Å². The molecular weight excluding hydrogens is 324 g/mol. The zero-order valence-corrected chi connectivity index (χ0v) is 13.3. The van der Waals surface area contributed by atoms with E-state index in [0.717, 1.165) is 39.0 Å². The molecule has 0 unspecified atom stereocenters. The minimum atomic E-state index is 0.352. The summed E-state index contributed by atoms with van der Waals surface area (Å²) in [7, 11) is 0. The second-order valence-corrected chi connectivity index (χ2v) is 8.08. The van der Waals surface area contributed by atoms with Gasteiger partial charge in [0, 0.05) is 37.5 Å². The van der Waals surface area contributed by atoms with E-state index >= 15 is 0 Å². The van der Waals surface area contributed by atoms with Crippen molar-refractivity contribution in [2.45, 2.75) is 19.3 Å². The van der Waals surface area contributed by atoms with Crippen LogP contribution in [0.2, 0.25) is 0 Å². The monoisotopic (exact) mass is 342 g/mol. The van der Waals surface area contributed by atoms with Crippen LogP contribution < -0.4 is 5.32 Å². The van der Waals surface area contributed by atoms with E-state index in [1.165, 1.54) is 8.66 Å². The number of carbonyl (C=O) groups is 1. The highest BCUT2D eigenvalue weighted by Crippen LogP contribution is 2.27. The molecule has 3 heterocycles. The quantitative estimate of drug-likeness (QED) is 0.911. The molecule has 1 amide bonds. The summed E-state index contributed by atoms with van der Waals surface area (Å²) in [5.74, 6) is 1.76. The first kappa shape index (κ1) is 13.6. The van der Waals surface area contributed by atoms with Crippen molar-refractivity contribution >= 4 is 33.2 Å². The third-order valence-corrected chi connectivity index (χ3v) is 5.87. The summed E-state index contributed by atoms with van der Waals surface area (Å²) in [6.45, 7) is 4.14. The second kappa shape index (κ2) is 5.94. The van der Waals surface area contributed by atoms with E-state index < -0.39 is 0 Å². The Morgan fingerprint density at radius 3 is 2.74 bits per heavy atom. The maximum absolute atomic E-state index is 12.2. The standard InChI is InChI=1S/C14H19BrN2OS/c15-13-5-4-12(19-13)2-1-3-14(18)17-8-10-6-16-7-11(10)9-17/h4-5,10-11,16H,1-3,6-9H2/t10-,11+. The molecule has 0 aliphatic carbocycles. The molecule has 3 nitrogen and oxygen atoms in total. The van der Waals surface area contributed by atoms with E-state index in [9.17, 15) is 4.79 Å². The molecule has 2 saturated heterocycles. The molecule has 1 aromatic rings. The first-order chi connectivity index (χ1) is 9.22. The average molecular weight is 343 g/mol. The van der Waals surface area contributed by atoms with Crippen molar-refractivity contribution in [2.24, 2.45) is 11.8 Å². The van der Waals surface area contributed by atoms with Crippen LogP contribution in [-0.4, -0.2) is 37.0 Å². The fourth-order valence-corrected chi connectivity index (χ4v) is 4.64. The lowest BCUT2D eigenvalue weighted by atomic mass is 10.0. The summed E-state index contributed by atoms with van der Waals surface area (Å²) < 4.78 is 1.17. The van der Waals surface area contributed by atoms with Gasteiger partial charge < -0.3 is 10.2 Å². The first-order valence-corrected chi connectivity index (χ1v) is 8.56. The third-order valence-electron chi connectivity index (χ3n) is 4.18. The van der Waals surface area contributed by atoms with Crippen molar-refractivity contribution < 1.29 is 4.79 Å². The van der Waals surface area contributed by atoms with Crippen LogP contribution in [0.15, 0.2) is 15.9 Å². The van der Waals surface area contributed by atoms with Crippen LogP contribution in [-0.2, 0) is 11.2 Å². The molecular formula is C14H19BrN2OS. The topological polar surface area (TPSA) is 32.3 Å². The van der Waals surface area contributed by atoms with Crippen molar-refractivity contribution in [1.29, 1.82) is 0 Å². The number of rotatable bonds is 4. The van der Waals surface area contributed by atoms with E-state index in [1.807, 2.05) is 0 Å². The summed E-state index contributed by atoms with van der Waals surface area (Å²) >= 11 is 5.24. The molecule has 5 heteroatoms. The summed E-state index contributed by atoms with van der Waals surface area (Å²) in [5.41, 5.74) is 0. The van der Waals surface area contributed by atoms with E-state index in [2.05, 4.69) is 38.3 Å². The number of fused-ring (bicyclic) bond motifs is 1. The largest absolute Gasteiger partial charge is 0.342 e. The van der Waals surface area contributed by atoms with Crippen molar-refractivity contribution in [1.82, 2.24) is 10.2 Å². The lowest BCUT2D eigenvalue weighted by Gasteiger charge is -2.17. The Morgan fingerprint density at radius 2 is 2.11 bits per heavy atom. The lowest BCUT2D eigenvalue weighted by Crippen LogP contribution is -2.31. The van der Waals surface area contributed by atoms with Gasteiger partial charge in [0.05, 0.1) is 3.79 Å². The molecule has 1 N–H and O–H groups in total. The number of aryl methyl sites for hydroxylation is 1. The number of carbonyl (C=O) groups excluding carboxylic acids is 1. The number of likely N-dealkylation sites (tertiary alicyclic amines) is 1. The van der Waals surface area contributed by atoms with Gasteiger partial charge in [-0.2, -0.15) is 0 Å². The van der Waals surface area contributed by atoms with Gasteiger partial charge in [0.2, 0.25) is 5.91 Å². The van der Waals surface area contributed by atoms with Crippen LogP contribution in [0.5, 0.6) is 0 Å². The predicted molar refractivity (Wildman–Crippen MR) is 81.4 cm³/mol. The van der Waals surface area contributed by atoms with Crippen LogP contribution in [0.1, 0.15) is 17.7 Å². The first-order valence-electron chi connectivity index (χ1n) is 6.95. The highest BCUT2D eigenvalue weighted by Gasteiger charge is 2.37. The fraction of sp³-hybridized carbons (Fsp3) is 0.643. The maximum Gasteiger partial charge on any atom is 0.222 e. The lowest BCUT2D eigenvalue weighted by molar-refractivity contribution is -0.130. The third kappa shape index (κ3) is 3.20. The zero-order chi connectivity index (χ0) is 13.2. The minimum Gasteiger partial charge on any atom is -0.342 e. The molecule has 1 aromatic heterocycles. The SMILES string of the molecule is O=C(CCCc1ccc(Br)s1)N1C[C@H]2CNC[C@H]2C1. The summed E-state index contributed by atoms with van der Waals surface area (Å²) in [6.07, 6.45) is 2.68. The Kier molecular flexibility index (Phi) is 4.24. The smallest absolute Gasteiger partial charge is 0.222 e. The number of hydrogen-bond acceptors (Lipinski definition) is 3. The molecule has 2 fully saturated rings. The Balaban J connectivity index is 1.42. The van der Waals surface area contributed by atoms with Crippen molar-refractivity contribution in [2.75, 3.05) is 26.2 Å². The molecule has 2 aliphatic rings. The van der Waals surface area contributed by atoms with Crippen LogP contribution in [0.3, 0.4) is 0 Å². The van der Waals surface area contributed by atoms with Gasteiger partial charge in [-0.25, -0.2) is 0 Å². The molecule has 0 saturated carbocycles. The van der Waals surface area contributed by atoms with Crippen LogP contribution in [0, 0.1) is 11.8 Å². The molecule has 19 heavy (non-hydrogen) atoms. The summed E-state index contributed by atoms with van der Waals surface area (Å²) in [6, 6.07) is 4.22. The van der Waals surface area contributed by atoms with Gasteiger partial charge in [-0.1, -0.05) is 0 Å². The summed E-state index contributed by atoms with van der Waals surface area (Å²) in [5, 5.41) is 3.41. The molecule has 0 aromatic carbocycles. The highest BCUT2D eigenvalue weighted by molar-refractivity contribution is 9.11. The molecule has 3 rings (SSSR count). The molecule has 0 radical (unpaired) electrons. The molecule has 2 atom stereocenters. The minimum absolute atomic E-state index is 0.352. The molecule has 2 aliphatic heterocycles. The van der Waals surface area contributed by atoms with E-state index in [4.69, 9.17) is 0 Å². The van der Waals surface area contributed by atoms with Gasteiger partial charge in [-0.15, -0.1) is 11.3 Å². The van der Waals surface area contributed by atoms with E-state index in [0.29, 0.717) is 24.2 Å². The molecule has 0 bridgehead atoms. The number of halogens is 1. The Labute approximate surface area is 126 Å². The van der Waals surface area contributed by atoms with Gasteiger partial charge in [0.1, 0.15) is 0 Å². The van der Waals surface area contributed by atoms with Crippen LogP contribution >= 0.6 is 27.3 Å². The van der Waals surface area contributed by atoms with E-state index in [1.54, 1.807) is 11.3 Å². The average Bonchev–Trinajstić information content (AvgIpc) is 3.03. The second-order valence-electron chi connectivity index (χ2n) is 5.54. The molecule has 0 spiro atoms. The van der Waals surface area contributed by atoms with E-state index in [-0.39, 0.29) is 0 Å². The normalized spacial score (nSPS) is 25.8. The Morgan fingerprint density at radius 1 is 1.37 bits per heavy atom. The van der Waals surface area contributed by atoms with Crippen molar-refractivity contribution in [3.05, 3.63) is 20.8 Å². The number of nitrogens with zero attached hydrogens (tertiary/aromatic N) is 1. The van der Waals surface area contributed by atoms with Gasteiger partial charge >= 0.3 is 0 Å². The predicted octanol–water partition coefficient (Wildman–Crippen LogP) is 2.51. The van der Waals surface area contributed by atoms with Crippen LogP contribution in [0.4, 0.5) is 0 Å². The van der Waals surface area contributed by atoms with Gasteiger partial charge in [-0.05, 0) is 52.7 Å². The maximum atomic E-state index is 12.2. The van der Waals surface area contributed by atoms with Gasteiger partial charge in [-0.3, -0.25) is 4.79 Å². The van der Waals surface area contributed by atoms with Gasteiger partial charge in [0.15, 0.2) is 0 Å². The van der Waals surface area contributed by atoms with Crippen molar-refractivity contribution in [3.63, 3.8) is 0 Å². The zero-order valence-electron chi connectivity index (χ0n) is 10.9. The number of hydrogen-bond donors (Lipinski definition) is 1. The Hall–Kier alpha value is -0.390. The van der Waals surface area contributed by atoms with Crippen molar-refractivity contribution in [3.8, 4) is 0 Å². The number of thiophene rings is 1. The molecule has 104 valence electrons. The number of amides is 1. The Bertz CT molecular complexity index is 450. The highest BCUT2D eigenvalue weighted by atomic mass is 79.9. The van der Waals surface area contributed by atoms with Crippen LogP contribution in [0.25, 0.3) is 0 Å². The fourth-order valence-electron chi connectivity index (χ4n) is 3.12. The summed E-state index contributed by atoms with van der Waals surface area (Å²) in [4.78, 5) is 15.6. The number of nitrogens with one attached hydrogen (secondary N) is 1.